The average Bonchev–Trinajstić information content (AvgIpc) is 2.89. The zero-order chi connectivity index (χ0) is 14.0. The van der Waals surface area contributed by atoms with E-state index in [9.17, 15) is 9.90 Å². The molecule has 106 valence electrons. The van der Waals surface area contributed by atoms with Crippen LogP contribution >= 0.6 is 0 Å². The van der Waals surface area contributed by atoms with Crippen molar-refractivity contribution in [2.45, 2.75) is 32.4 Å². The van der Waals surface area contributed by atoms with Crippen molar-refractivity contribution < 1.29 is 19.1 Å². The predicted octanol–water partition coefficient (Wildman–Crippen LogP) is 1.83. The molecule has 5 nitrogen and oxygen atoms in total. The van der Waals surface area contributed by atoms with Gasteiger partial charge in [-0.1, -0.05) is 6.92 Å². The maximum atomic E-state index is 11.4. The molecule has 0 amide bonds. The van der Waals surface area contributed by atoms with Gasteiger partial charge in [-0.25, -0.2) is 4.79 Å². The molecule has 0 aromatic carbocycles. The highest BCUT2D eigenvalue weighted by molar-refractivity contribution is 5.86. The summed E-state index contributed by atoms with van der Waals surface area (Å²) in [5.74, 6) is 0.814. The molecule has 2 rings (SSSR count). The highest BCUT2D eigenvalue weighted by atomic mass is 16.5. The molecule has 0 saturated carbocycles. The van der Waals surface area contributed by atoms with Crippen molar-refractivity contribution in [3.05, 3.63) is 23.7 Å². The number of hydrogen-bond donors (Lipinski definition) is 1. The van der Waals surface area contributed by atoms with E-state index >= 15 is 0 Å². The lowest BCUT2D eigenvalue weighted by Gasteiger charge is -2.37. The molecule has 1 fully saturated rings. The third-order valence-electron chi connectivity index (χ3n) is 3.92. The molecule has 0 unspecified atom stereocenters. The Morgan fingerprint density at radius 2 is 2.32 bits per heavy atom. The van der Waals surface area contributed by atoms with E-state index in [1.54, 1.807) is 12.1 Å². The molecule has 1 aliphatic heterocycles. The minimum Gasteiger partial charge on any atom is -0.463 e. The fraction of sp³-hybridized carbons (Fsp3) is 0.643. The van der Waals surface area contributed by atoms with Gasteiger partial charge in [0.05, 0.1) is 19.3 Å². The number of carbonyl (C=O) groups excluding carboxylic acids is 1. The molecule has 1 aliphatic rings. The summed E-state index contributed by atoms with van der Waals surface area (Å²) < 4.78 is 10.1. The Bertz CT molecular complexity index is 442. The Labute approximate surface area is 113 Å². The molecule has 2 heterocycles. The van der Waals surface area contributed by atoms with Crippen LogP contribution in [0.2, 0.25) is 0 Å². The number of piperidine rings is 1. The van der Waals surface area contributed by atoms with E-state index in [1.165, 1.54) is 7.11 Å². The van der Waals surface area contributed by atoms with Crippen molar-refractivity contribution in [2.75, 3.05) is 20.2 Å². The molecule has 0 bridgehead atoms. The number of esters is 1. The number of aliphatic hydroxyl groups excluding tert-OH is 1. The first kappa shape index (κ1) is 14.1. The van der Waals surface area contributed by atoms with Crippen molar-refractivity contribution in [2.24, 2.45) is 5.92 Å². The largest absolute Gasteiger partial charge is 0.463 e. The number of methoxy groups -OCH3 is 1. The molecule has 19 heavy (non-hydrogen) atoms. The van der Waals surface area contributed by atoms with Crippen LogP contribution in [0, 0.1) is 5.92 Å². The predicted molar refractivity (Wildman–Crippen MR) is 69.8 cm³/mol. The highest BCUT2D eigenvalue weighted by Gasteiger charge is 2.29. The van der Waals surface area contributed by atoms with Gasteiger partial charge in [0.25, 0.3) is 0 Å². The van der Waals surface area contributed by atoms with Gasteiger partial charge in [0.2, 0.25) is 5.76 Å². The van der Waals surface area contributed by atoms with Gasteiger partial charge >= 0.3 is 5.97 Å². The van der Waals surface area contributed by atoms with Gasteiger partial charge < -0.3 is 14.3 Å². The Hall–Kier alpha value is -1.33. The van der Waals surface area contributed by atoms with E-state index in [1.807, 2.05) is 6.92 Å². The van der Waals surface area contributed by atoms with E-state index in [2.05, 4.69) is 16.6 Å². The van der Waals surface area contributed by atoms with Crippen LogP contribution in [0.25, 0.3) is 0 Å². The number of likely N-dealkylation sites (tertiary alicyclic amines) is 1. The van der Waals surface area contributed by atoms with Crippen molar-refractivity contribution in [3.63, 3.8) is 0 Å². The summed E-state index contributed by atoms with van der Waals surface area (Å²) in [6.45, 7) is 5.64. The fourth-order valence-electron chi connectivity index (χ4n) is 2.39. The fourth-order valence-corrected chi connectivity index (χ4v) is 2.39. The van der Waals surface area contributed by atoms with Gasteiger partial charge in [-0.3, -0.25) is 4.90 Å². The summed E-state index contributed by atoms with van der Waals surface area (Å²) >= 11 is 0. The summed E-state index contributed by atoms with van der Waals surface area (Å²) in [6.07, 6.45) is 0.669. The van der Waals surface area contributed by atoms with E-state index in [0.29, 0.717) is 12.5 Å². The molecule has 1 aromatic rings. The summed E-state index contributed by atoms with van der Waals surface area (Å²) in [4.78, 5) is 13.5. The lowest BCUT2D eigenvalue weighted by Crippen LogP contribution is -2.43. The Kier molecular flexibility index (Phi) is 4.27. The monoisotopic (exact) mass is 267 g/mol. The van der Waals surface area contributed by atoms with Crippen LogP contribution in [0.1, 0.15) is 42.6 Å². The first-order valence-electron chi connectivity index (χ1n) is 6.63. The summed E-state index contributed by atoms with van der Waals surface area (Å²) in [5, 5.41) is 9.93. The average molecular weight is 267 g/mol. The Morgan fingerprint density at radius 1 is 1.58 bits per heavy atom. The van der Waals surface area contributed by atoms with E-state index in [0.717, 1.165) is 18.7 Å². The van der Waals surface area contributed by atoms with Gasteiger partial charge in [-0.15, -0.1) is 0 Å². The summed E-state index contributed by atoms with van der Waals surface area (Å²) in [7, 11) is 1.33. The lowest BCUT2D eigenvalue weighted by atomic mass is 9.95. The minimum atomic E-state index is -0.467. The quantitative estimate of drug-likeness (QED) is 0.846. The van der Waals surface area contributed by atoms with Gasteiger partial charge in [-0.2, -0.15) is 0 Å². The highest BCUT2D eigenvalue weighted by Crippen LogP contribution is 2.27. The van der Waals surface area contributed by atoms with Gasteiger partial charge in [0.15, 0.2) is 0 Å². The molecular formula is C14H21NO4. The lowest BCUT2D eigenvalue weighted by molar-refractivity contribution is 0.00867. The number of aliphatic hydroxyl groups is 1. The van der Waals surface area contributed by atoms with Crippen molar-refractivity contribution >= 4 is 5.97 Å². The number of rotatable bonds is 3. The van der Waals surface area contributed by atoms with Crippen molar-refractivity contribution in [1.82, 2.24) is 4.90 Å². The number of carbonyl (C=O) groups is 1. The van der Waals surface area contributed by atoms with Crippen LogP contribution in [0.3, 0.4) is 0 Å². The smallest absolute Gasteiger partial charge is 0.373 e. The number of β-amino-alcohol motifs (C(OH)–C–C–N with tert-alkyl or cyclic N) is 1. The summed E-state index contributed by atoms with van der Waals surface area (Å²) in [5.41, 5.74) is 0. The molecule has 1 aromatic heterocycles. The molecule has 0 aliphatic carbocycles. The summed E-state index contributed by atoms with van der Waals surface area (Å²) in [6, 6.07) is 3.46. The van der Waals surface area contributed by atoms with Crippen LogP contribution in [-0.2, 0) is 4.74 Å². The maximum absolute atomic E-state index is 11.4. The first-order chi connectivity index (χ1) is 9.02. The van der Waals surface area contributed by atoms with Gasteiger partial charge in [-0.05, 0) is 37.9 Å². The Morgan fingerprint density at radius 3 is 2.95 bits per heavy atom. The second-order valence-electron chi connectivity index (χ2n) is 5.20. The molecule has 3 atom stereocenters. The molecular weight excluding hydrogens is 246 g/mol. The standard InChI is InChI=1S/C14H21NO4/c1-9-6-7-15(8-11(9)16)10(2)12-4-5-13(19-12)14(17)18-3/h4-5,9-11,16H,6-8H2,1-3H3/t9-,10-,11-/m0/s1. The van der Waals surface area contributed by atoms with Crippen LogP contribution in [0.15, 0.2) is 16.5 Å². The zero-order valence-electron chi connectivity index (χ0n) is 11.6. The van der Waals surface area contributed by atoms with Crippen LogP contribution in [0.4, 0.5) is 0 Å². The van der Waals surface area contributed by atoms with Gasteiger partial charge in [0, 0.05) is 6.54 Å². The minimum absolute atomic E-state index is 0.0422. The van der Waals surface area contributed by atoms with Crippen molar-refractivity contribution in [1.29, 1.82) is 0 Å². The topological polar surface area (TPSA) is 62.9 Å². The van der Waals surface area contributed by atoms with Crippen LogP contribution < -0.4 is 0 Å². The molecule has 1 saturated heterocycles. The van der Waals surface area contributed by atoms with Crippen LogP contribution in [-0.4, -0.2) is 42.3 Å². The zero-order valence-corrected chi connectivity index (χ0v) is 11.6. The number of furan rings is 1. The maximum Gasteiger partial charge on any atom is 0.373 e. The SMILES string of the molecule is COC(=O)c1ccc([C@H](C)N2CC[C@H](C)[C@@H](O)C2)o1. The van der Waals surface area contributed by atoms with E-state index in [4.69, 9.17) is 4.42 Å². The number of ether oxygens (including phenoxy) is 1. The van der Waals surface area contributed by atoms with Crippen LogP contribution in [0.5, 0.6) is 0 Å². The Balaban J connectivity index is 2.05. The number of nitrogens with zero attached hydrogens (tertiary/aromatic N) is 1. The third-order valence-corrected chi connectivity index (χ3v) is 3.92. The molecule has 1 N–H and O–H groups in total. The normalized spacial score (nSPS) is 26.1. The van der Waals surface area contributed by atoms with E-state index in [-0.39, 0.29) is 17.9 Å². The second kappa shape index (κ2) is 5.75. The second-order valence-corrected chi connectivity index (χ2v) is 5.20. The molecule has 5 heteroatoms. The van der Waals surface area contributed by atoms with Gasteiger partial charge in [0.1, 0.15) is 5.76 Å². The number of hydrogen-bond acceptors (Lipinski definition) is 5. The van der Waals surface area contributed by atoms with Crippen molar-refractivity contribution in [3.8, 4) is 0 Å². The third kappa shape index (κ3) is 2.98. The molecule has 0 radical (unpaired) electrons. The molecule has 0 spiro atoms. The first-order valence-corrected chi connectivity index (χ1v) is 6.63. The van der Waals surface area contributed by atoms with E-state index < -0.39 is 5.97 Å².